The molecule has 16 heavy (non-hydrogen) atoms. The second-order valence-corrected chi connectivity index (χ2v) is 4.44. The molecular formula is C11H11NO3S. The predicted molar refractivity (Wildman–Crippen MR) is 63.8 cm³/mol. The highest BCUT2D eigenvalue weighted by atomic mass is 32.2. The number of carbonyl (C=O) groups is 1. The molecule has 0 aliphatic heterocycles. The average Bonchev–Trinajstić information content (AvgIpc) is 2.58. The number of thioether (sulfide) groups is 1. The van der Waals surface area contributed by atoms with E-state index in [4.69, 9.17) is 5.11 Å². The Morgan fingerprint density at radius 2 is 2.19 bits per heavy atom. The van der Waals surface area contributed by atoms with E-state index in [1.165, 1.54) is 11.8 Å². The Morgan fingerprint density at radius 1 is 1.38 bits per heavy atom. The lowest BCUT2D eigenvalue weighted by molar-refractivity contribution is -0.133. The molecule has 0 unspecified atom stereocenters. The van der Waals surface area contributed by atoms with Crippen molar-refractivity contribution in [2.75, 3.05) is 5.75 Å². The third-order valence-electron chi connectivity index (χ3n) is 2.14. The Bertz CT molecular complexity index is 521. The zero-order valence-electron chi connectivity index (χ0n) is 8.43. The minimum Gasteiger partial charge on any atom is -0.508 e. The van der Waals surface area contributed by atoms with Gasteiger partial charge < -0.3 is 15.2 Å². The van der Waals surface area contributed by atoms with Crippen molar-refractivity contribution >= 4 is 28.6 Å². The molecule has 84 valence electrons. The first-order valence-corrected chi connectivity index (χ1v) is 5.91. The monoisotopic (exact) mass is 237 g/mol. The summed E-state index contributed by atoms with van der Waals surface area (Å²) in [5.41, 5.74) is 1.83. The molecule has 4 nitrogen and oxygen atoms in total. The molecule has 0 aliphatic carbocycles. The number of aromatic nitrogens is 1. The van der Waals surface area contributed by atoms with Crippen molar-refractivity contribution in [3.8, 4) is 5.75 Å². The summed E-state index contributed by atoms with van der Waals surface area (Å²) in [5.74, 6) is 0.139. The van der Waals surface area contributed by atoms with Crippen molar-refractivity contribution in [3.05, 3.63) is 30.0 Å². The van der Waals surface area contributed by atoms with E-state index in [0.29, 0.717) is 5.75 Å². The van der Waals surface area contributed by atoms with Gasteiger partial charge in [0, 0.05) is 23.0 Å². The Labute approximate surface area is 96.3 Å². The molecule has 1 aromatic carbocycles. The summed E-state index contributed by atoms with van der Waals surface area (Å²) in [6.07, 6.45) is 0. The van der Waals surface area contributed by atoms with Crippen LogP contribution in [0.25, 0.3) is 10.9 Å². The van der Waals surface area contributed by atoms with Crippen molar-refractivity contribution in [1.29, 1.82) is 0 Å². The lowest BCUT2D eigenvalue weighted by Crippen LogP contribution is -1.98. The van der Waals surface area contributed by atoms with Crippen LogP contribution in [0.15, 0.2) is 24.3 Å². The number of hydrogen-bond acceptors (Lipinski definition) is 3. The highest BCUT2D eigenvalue weighted by molar-refractivity contribution is 7.99. The van der Waals surface area contributed by atoms with Gasteiger partial charge in [0.05, 0.1) is 5.75 Å². The normalized spacial score (nSPS) is 10.8. The molecule has 2 rings (SSSR count). The van der Waals surface area contributed by atoms with Gasteiger partial charge in [0.1, 0.15) is 5.75 Å². The molecular weight excluding hydrogens is 226 g/mol. The van der Waals surface area contributed by atoms with Crippen LogP contribution in [-0.4, -0.2) is 26.9 Å². The maximum absolute atomic E-state index is 10.3. The fraction of sp³-hybridized carbons (Fsp3) is 0.182. The highest BCUT2D eigenvalue weighted by Gasteiger charge is 2.03. The van der Waals surface area contributed by atoms with E-state index >= 15 is 0 Å². The highest BCUT2D eigenvalue weighted by Crippen LogP contribution is 2.22. The SMILES string of the molecule is O=C(O)CSCc1cc2ccc(O)cc2[nH]1. The van der Waals surface area contributed by atoms with Gasteiger partial charge >= 0.3 is 5.97 Å². The summed E-state index contributed by atoms with van der Waals surface area (Å²) < 4.78 is 0. The number of H-pyrrole nitrogens is 1. The first-order valence-electron chi connectivity index (χ1n) is 4.75. The van der Waals surface area contributed by atoms with Gasteiger partial charge in [0.2, 0.25) is 0 Å². The van der Waals surface area contributed by atoms with Crippen LogP contribution in [0, 0.1) is 0 Å². The van der Waals surface area contributed by atoms with Crippen LogP contribution in [0.1, 0.15) is 5.69 Å². The van der Waals surface area contributed by atoms with E-state index in [2.05, 4.69) is 4.98 Å². The molecule has 1 aromatic heterocycles. The molecule has 0 atom stereocenters. The number of aromatic amines is 1. The smallest absolute Gasteiger partial charge is 0.313 e. The summed E-state index contributed by atoms with van der Waals surface area (Å²) in [6.45, 7) is 0. The Balaban J connectivity index is 2.10. The Hall–Kier alpha value is -1.62. The van der Waals surface area contributed by atoms with E-state index in [9.17, 15) is 9.90 Å². The van der Waals surface area contributed by atoms with Crippen LogP contribution in [0.3, 0.4) is 0 Å². The summed E-state index contributed by atoms with van der Waals surface area (Å²) >= 11 is 1.34. The number of carboxylic acid groups (broad SMARTS) is 1. The third-order valence-corrected chi connectivity index (χ3v) is 3.11. The summed E-state index contributed by atoms with van der Waals surface area (Å²) in [7, 11) is 0. The minimum atomic E-state index is -0.807. The number of hydrogen-bond donors (Lipinski definition) is 3. The fourth-order valence-corrected chi connectivity index (χ4v) is 2.15. The Morgan fingerprint density at radius 3 is 2.94 bits per heavy atom. The van der Waals surface area contributed by atoms with E-state index in [-0.39, 0.29) is 11.5 Å². The van der Waals surface area contributed by atoms with Crippen molar-refractivity contribution < 1.29 is 15.0 Å². The number of phenolic OH excluding ortho intramolecular Hbond substituents is 1. The number of rotatable bonds is 4. The van der Waals surface area contributed by atoms with Crippen LogP contribution in [0.5, 0.6) is 5.75 Å². The summed E-state index contributed by atoms with van der Waals surface area (Å²) in [6, 6.07) is 7.07. The number of fused-ring (bicyclic) bond motifs is 1. The van der Waals surface area contributed by atoms with Crippen molar-refractivity contribution in [3.63, 3.8) is 0 Å². The molecule has 0 aliphatic rings. The van der Waals surface area contributed by atoms with E-state index in [1.807, 2.05) is 12.1 Å². The largest absolute Gasteiger partial charge is 0.508 e. The molecule has 3 N–H and O–H groups in total. The zero-order valence-corrected chi connectivity index (χ0v) is 9.25. The van der Waals surface area contributed by atoms with Crippen LogP contribution in [0.2, 0.25) is 0 Å². The maximum atomic E-state index is 10.3. The predicted octanol–water partition coefficient (Wildman–Crippen LogP) is 2.19. The number of phenols is 1. The van der Waals surface area contributed by atoms with Gasteiger partial charge in [-0.25, -0.2) is 0 Å². The molecule has 5 heteroatoms. The second-order valence-electron chi connectivity index (χ2n) is 3.45. The van der Waals surface area contributed by atoms with E-state index in [0.717, 1.165) is 16.6 Å². The first-order chi connectivity index (χ1) is 7.65. The van der Waals surface area contributed by atoms with Gasteiger partial charge in [0.15, 0.2) is 0 Å². The number of benzene rings is 1. The van der Waals surface area contributed by atoms with Crippen molar-refractivity contribution in [2.24, 2.45) is 0 Å². The van der Waals surface area contributed by atoms with Gasteiger partial charge in [-0.2, -0.15) is 0 Å². The fourth-order valence-electron chi connectivity index (χ4n) is 1.50. The number of carboxylic acids is 1. The summed E-state index contributed by atoms with van der Waals surface area (Å²) in [4.78, 5) is 13.5. The van der Waals surface area contributed by atoms with Crippen LogP contribution in [0.4, 0.5) is 0 Å². The molecule has 0 fully saturated rings. The maximum Gasteiger partial charge on any atom is 0.313 e. The van der Waals surface area contributed by atoms with Gasteiger partial charge in [-0.15, -0.1) is 11.8 Å². The quantitative estimate of drug-likeness (QED) is 0.762. The van der Waals surface area contributed by atoms with E-state index < -0.39 is 5.97 Å². The van der Waals surface area contributed by atoms with E-state index in [1.54, 1.807) is 12.1 Å². The van der Waals surface area contributed by atoms with Crippen LogP contribution >= 0.6 is 11.8 Å². The van der Waals surface area contributed by atoms with Crippen LogP contribution < -0.4 is 0 Å². The first kappa shape index (κ1) is 10.9. The number of aromatic hydroxyl groups is 1. The lowest BCUT2D eigenvalue weighted by atomic mass is 10.2. The van der Waals surface area contributed by atoms with Gasteiger partial charge in [0.25, 0.3) is 0 Å². The van der Waals surface area contributed by atoms with Crippen LogP contribution in [-0.2, 0) is 10.5 Å². The third kappa shape index (κ3) is 2.49. The lowest BCUT2D eigenvalue weighted by Gasteiger charge is -1.94. The topological polar surface area (TPSA) is 73.3 Å². The molecule has 2 aromatic rings. The van der Waals surface area contributed by atoms with Gasteiger partial charge in [-0.1, -0.05) is 0 Å². The number of aliphatic carboxylic acids is 1. The Kier molecular flexibility index (Phi) is 3.05. The molecule has 0 spiro atoms. The molecule has 0 bridgehead atoms. The summed E-state index contributed by atoms with van der Waals surface area (Å²) in [5, 5.41) is 18.8. The molecule has 0 saturated heterocycles. The second kappa shape index (κ2) is 4.49. The molecule has 0 radical (unpaired) electrons. The van der Waals surface area contributed by atoms with Crippen molar-refractivity contribution in [1.82, 2.24) is 4.98 Å². The minimum absolute atomic E-state index is 0.0978. The average molecular weight is 237 g/mol. The zero-order chi connectivity index (χ0) is 11.5. The van der Waals surface area contributed by atoms with Gasteiger partial charge in [-0.05, 0) is 23.6 Å². The molecule has 0 amide bonds. The molecule has 0 saturated carbocycles. The van der Waals surface area contributed by atoms with Gasteiger partial charge in [-0.3, -0.25) is 4.79 Å². The standard InChI is InChI=1S/C11H11NO3S/c13-9-2-1-7-3-8(12-10(7)4-9)5-16-6-11(14)15/h1-4,12-13H,5-6H2,(H,14,15). The molecule has 1 heterocycles. The van der Waals surface area contributed by atoms with Crippen molar-refractivity contribution in [2.45, 2.75) is 5.75 Å². The number of nitrogens with one attached hydrogen (secondary N) is 1.